The fourth-order valence-electron chi connectivity index (χ4n) is 1.58. The number of halogens is 1. The molecule has 0 heterocycles. The van der Waals surface area contributed by atoms with E-state index in [-0.39, 0.29) is 11.4 Å². The predicted molar refractivity (Wildman–Crippen MR) is 84.0 cm³/mol. The number of nitrogens with two attached hydrogens (primary N) is 1. The van der Waals surface area contributed by atoms with Crippen LogP contribution in [0.1, 0.15) is 5.56 Å². The molecule has 2 aromatic rings. The SMILES string of the molecule is Nc1cccc(CNS(=O)(=O)c2ccc(I)cc2)c1. The lowest BCUT2D eigenvalue weighted by atomic mass is 10.2. The maximum Gasteiger partial charge on any atom is 0.240 e. The number of anilines is 1. The van der Waals surface area contributed by atoms with Gasteiger partial charge in [0.25, 0.3) is 0 Å². The van der Waals surface area contributed by atoms with Crippen molar-refractivity contribution in [2.45, 2.75) is 11.4 Å². The molecular formula is C13H13IN2O2S. The molecule has 0 bridgehead atoms. The highest BCUT2D eigenvalue weighted by Gasteiger charge is 2.13. The fourth-order valence-corrected chi connectivity index (χ4v) is 2.96. The van der Waals surface area contributed by atoms with Crippen molar-refractivity contribution in [3.63, 3.8) is 0 Å². The third kappa shape index (κ3) is 3.92. The molecule has 6 heteroatoms. The van der Waals surface area contributed by atoms with Crippen LogP contribution in [-0.4, -0.2) is 8.42 Å². The number of rotatable bonds is 4. The largest absolute Gasteiger partial charge is 0.399 e. The summed E-state index contributed by atoms with van der Waals surface area (Å²) >= 11 is 2.13. The van der Waals surface area contributed by atoms with Crippen LogP contribution in [0.15, 0.2) is 53.4 Å². The van der Waals surface area contributed by atoms with Gasteiger partial charge in [0.05, 0.1) is 4.90 Å². The van der Waals surface area contributed by atoms with Gasteiger partial charge in [-0.25, -0.2) is 13.1 Å². The Morgan fingerprint density at radius 1 is 1.11 bits per heavy atom. The summed E-state index contributed by atoms with van der Waals surface area (Å²) in [5.74, 6) is 0. The summed E-state index contributed by atoms with van der Waals surface area (Å²) in [6.07, 6.45) is 0. The van der Waals surface area contributed by atoms with Crippen molar-refractivity contribution in [1.29, 1.82) is 0 Å². The second-order valence-electron chi connectivity index (χ2n) is 4.02. The molecule has 0 unspecified atom stereocenters. The summed E-state index contributed by atoms with van der Waals surface area (Å²) in [5.41, 5.74) is 7.09. The van der Waals surface area contributed by atoms with Crippen LogP contribution in [0.3, 0.4) is 0 Å². The number of nitrogen functional groups attached to an aromatic ring is 1. The molecule has 0 aliphatic carbocycles. The second-order valence-corrected chi connectivity index (χ2v) is 7.04. The zero-order valence-electron chi connectivity index (χ0n) is 10.0. The van der Waals surface area contributed by atoms with Gasteiger partial charge in [-0.1, -0.05) is 12.1 Å². The first kappa shape index (κ1) is 14.3. The lowest BCUT2D eigenvalue weighted by molar-refractivity contribution is 0.581. The average molecular weight is 388 g/mol. The number of hydrogen-bond donors (Lipinski definition) is 2. The van der Waals surface area contributed by atoms with Gasteiger partial charge in [-0.05, 0) is 64.6 Å². The first-order chi connectivity index (χ1) is 8.97. The molecule has 3 N–H and O–H groups in total. The Kier molecular flexibility index (Phi) is 4.43. The van der Waals surface area contributed by atoms with Crippen LogP contribution >= 0.6 is 22.6 Å². The summed E-state index contributed by atoms with van der Waals surface area (Å²) in [4.78, 5) is 0.261. The molecule has 0 spiro atoms. The summed E-state index contributed by atoms with van der Waals surface area (Å²) < 4.78 is 27.7. The van der Waals surface area contributed by atoms with Gasteiger partial charge in [0.15, 0.2) is 0 Å². The molecule has 0 fully saturated rings. The van der Waals surface area contributed by atoms with E-state index in [0.29, 0.717) is 5.69 Å². The molecule has 0 aromatic heterocycles. The molecule has 0 radical (unpaired) electrons. The first-order valence-electron chi connectivity index (χ1n) is 5.57. The minimum Gasteiger partial charge on any atom is -0.399 e. The number of sulfonamides is 1. The Hall–Kier alpha value is -1.12. The smallest absolute Gasteiger partial charge is 0.240 e. The zero-order valence-corrected chi connectivity index (χ0v) is 13.0. The minimum atomic E-state index is -3.48. The Balaban J connectivity index is 2.12. The van der Waals surface area contributed by atoms with Gasteiger partial charge in [-0.2, -0.15) is 0 Å². The van der Waals surface area contributed by atoms with Gasteiger partial charge in [0, 0.05) is 15.8 Å². The monoisotopic (exact) mass is 388 g/mol. The molecule has 0 saturated heterocycles. The van der Waals surface area contributed by atoms with Crippen molar-refractivity contribution in [2.75, 3.05) is 5.73 Å². The normalized spacial score (nSPS) is 11.4. The van der Waals surface area contributed by atoms with Gasteiger partial charge in [-0.15, -0.1) is 0 Å². The summed E-state index contributed by atoms with van der Waals surface area (Å²) in [7, 11) is -3.48. The van der Waals surface area contributed by atoms with Crippen molar-refractivity contribution in [1.82, 2.24) is 4.72 Å². The molecule has 0 saturated carbocycles. The third-order valence-corrected chi connectivity index (χ3v) is 4.68. The van der Waals surface area contributed by atoms with E-state index in [9.17, 15) is 8.42 Å². The molecule has 4 nitrogen and oxygen atoms in total. The molecule has 0 atom stereocenters. The first-order valence-corrected chi connectivity index (χ1v) is 8.13. The Morgan fingerprint density at radius 3 is 2.42 bits per heavy atom. The van der Waals surface area contributed by atoms with E-state index in [2.05, 4.69) is 27.3 Å². The Labute approximate surface area is 126 Å². The molecular weight excluding hydrogens is 375 g/mol. The van der Waals surface area contributed by atoms with E-state index >= 15 is 0 Å². The van der Waals surface area contributed by atoms with Crippen LogP contribution in [0.25, 0.3) is 0 Å². The average Bonchev–Trinajstić information content (AvgIpc) is 2.37. The van der Waals surface area contributed by atoms with Crippen molar-refractivity contribution in [3.05, 3.63) is 57.7 Å². The van der Waals surface area contributed by atoms with Crippen molar-refractivity contribution in [3.8, 4) is 0 Å². The predicted octanol–water partition coefficient (Wildman–Crippen LogP) is 2.35. The number of hydrogen-bond acceptors (Lipinski definition) is 3. The fraction of sp³-hybridized carbons (Fsp3) is 0.0769. The molecule has 0 amide bonds. The van der Waals surface area contributed by atoms with Crippen molar-refractivity contribution in [2.24, 2.45) is 0 Å². The maximum absolute atomic E-state index is 12.1. The lowest BCUT2D eigenvalue weighted by Crippen LogP contribution is -2.23. The maximum atomic E-state index is 12.1. The highest BCUT2D eigenvalue weighted by molar-refractivity contribution is 14.1. The van der Waals surface area contributed by atoms with E-state index in [1.54, 1.807) is 42.5 Å². The van der Waals surface area contributed by atoms with Crippen LogP contribution in [0.5, 0.6) is 0 Å². The number of benzene rings is 2. The highest BCUT2D eigenvalue weighted by atomic mass is 127. The van der Waals surface area contributed by atoms with Gasteiger partial charge in [0.1, 0.15) is 0 Å². The topological polar surface area (TPSA) is 72.2 Å². The molecule has 100 valence electrons. The van der Waals surface area contributed by atoms with Gasteiger partial charge in [0.2, 0.25) is 10.0 Å². The summed E-state index contributed by atoms with van der Waals surface area (Å²) in [5, 5.41) is 0. The number of nitrogens with one attached hydrogen (secondary N) is 1. The second kappa shape index (κ2) is 5.89. The Bertz CT molecular complexity index is 669. The van der Waals surface area contributed by atoms with Gasteiger partial charge < -0.3 is 5.73 Å². The molecule has 0 aliphatic heterocycles. The van der Waals surface area contributed by atoms with E-state index in [1.807, 2.05) is 6.07 Å². The standard InChI is InChI=1S/C13H13IN2O2S/c14-11-4-6-13(7-5-11)19(17,18)16-9-10-2-1-3-12(15)8-10/h1-8,16H,9,15H2. The van der Waals surface area contributed by atoms with E-state index in [0.717, 1.165) is 9.13 Å². The van der Waals surface area contributed by atoms with Crippen molar-refractivity contribution < 1.29 is 8.42 Å². The third-order valence-electron chi connectivity index (χ3n) is 2.54. The van der Waals surface area contributed by atoms with Crippen LogP contribution < -0.4 is 10.5 Å². The van der Waals surface area contributed by atoms with Crippen LogP contribution in [0, 0.1) is 3.57 Å². The van der Waals surface area contributed by atoms with Crippen LogP contribution in [0.2, 0.25) is 0 Å². The van der Waals surface area contributed by atoms with E-state index < -0.39 is 10.0 Å². The summed E-state index contributed by atoms with van der Waals surface area (Å²) in [6, 6.07) is 13.8. The molecule has 0 aliphatic rings. The molecule has 2 rings (SSSR count). The zero-order chi connectivity index (χ0) is 13.9. The van der Waals surface area contributed by atoms with Crippen LogP contribution in [-0.2, 0) is 16.6 Å². The summed E-state index contributed by atoms with van der Waals surface area (Å²) in [6.45, 7) is 0.222. The van der Waals surface area contributed by atoms with E-state index in [1.165, 1.54) is 0 Å². The van der Waals surface area contributed by atoms with Crippen molar-refractivity contribution >= 4 is 38.3 Å². The lowest BCUT2D eigenvalue weighted by Gasteiger charge is -2.07. The van der Waals surface area contributed by atoms with Crippen LogP contribution in [0.4, 0.5) is 5.69 Å². The molecule has 2 aromatic carbocycles. The highest BCUT2D eigenvalue weighted by Crippen LogP contribution is 2.13. The minimum absolute atomic E-state index is 0.222. The van der Waals surface area contributed by atoms with Gasteiger partial charge >= 0.3 is 0 Å². The van der Waals surface area contributed by atoms with E-state index in [4.69, 9.17) is 5.73 Å². The quantitative estimate of drug-likeness (QED) is 0.624. The molecule has 19 heavy (non-hydrogen) atoms. The Morgan fingerprint density at radius 2 is 1.79 bits per heavy atom. The van der Waals surface area contributed by atoms with Gasteiger partial charge in [-0.3, -0.25) is 0 Å².